The van der Waals surface area contributed by atoms with Gasteiger partial charge in [0.25, 0.3) is 0 Å². The molecule has 3 nitrogen and oxygen atoms in total. The fourth-order valence-electron chi connectivity index (χ4n) is 1.81. The maximum atomic E-state index is 12.1. The molecule has 0 bridgehead atoms. The largest absolute Gasteiger partial charge is 0.573 e. The van der Waals surface area contributed by atoms with Crippen molar-refractivity contribution in [2.24, 2.45) is 0 Å². The monoisotopic (exact) mass is 296 g/mol. The quantitative estimate of drug-likeness (QED) is 0.709. The van der Waals surface area contributed by atoms with Crippen LogP contribution >= 0.6 is 11.7 Å². The first-order valence-corrected chi connectivity index (χ1v) is 6.33. The van der Waals surface area contributed by atoms with Crippen LogP contribution in [0.4, 0.5) is 13.2 Å². The standard InChI is InChI=1S/C13H7F3N2OS/c14-13(15,16)19-10-4-1-8(2-5-10)9-3-6-11-12(7-9)18-20-17-11/h1-7H. The van der Waals surface area contributed by atoms with Crippen LogP contribution in [0.25, 0.3) is 22.2 Å². The fraction of sp³-hybridized carbons (Fsp3) is 0.0769. The lowest BCUT2D eigenvalue weighted by Crippen LogP contribution is -2.16. The van der Waals surface area contributed by atoms with E-state index >= 15 is 0 Å². The van der Waals surface area contributed by atoms with Crippen molar-refractivity contribution in [2.45, 2.75) is 6.36 Å². The van der Waals surface area contributed by atoms with Gasteiger partial charge in [0.1, 0.15) is 16.8 Å². The van der Waals surface area contributed by atoms with E-state index in [9.17, 15) is 13.2 Å². The second kappa shape index (κ2) is 4.75. The predicted octanol–water partition coefficient (Wildman–Crippen LogP) is 4.26. The van der Waals surface area contributed by atoms with Crippen LogP contribution in [0.15, 0.2) is 42.5 Å². The molecule has 1 aromatic heterocycles. The molecule has 0 radical (unpaired) electrons. The highest BCUT2D eigenvalue weighted by molar-refractivity contribution is 7.00. The summed E-state index contributed by atoms with van der Waals surface area (Å²) in [5.41, 5.74) is 3.22. The van der Waals surface area contributed by atoms with Gasteiger partial charge in [0.05, 0.1) is 11.7 Å². The highest BCUT2D eigenvalue weighted by Crippen LogP contribution is 2.27. The summed E-state index contributed by atoms with van der Waals surface area (Å²) in [5.74, 6) is -0.238. The van der Waals surface area contributed by atoms with Crippen molar-refractivity contribution in [3.8, 4) is 16.9 Å². The highest BCUT2D eigenvalue weighted by atomic mass is 32.1. The summed E-state index contributed by atoms with van der Waals surface area (Å²) in [5, 5.41) is 0. The molecule has 0 aliphatic carbocycles. The Balaban J connectivity index is 1.90. The van der Waals surface area contributed by atoms with Gasteiger partial charge in [-0.05, 0) is 35.4 Å². The van der Waals surface area contributed by atoms with Gasteiger partial charge in [0.15, 0.2) is 0 Å². The normalized spacial score (nSPS) is 11.8. The molecule has 2 aromatic carbocycles. The minimum Gasteiger partial charge on any atom is -0.406 e. The molecule has 0 unspecified atom stereocenters. The van der Waals surface area contributed by atoms with Crippen molar-refractivity contribution in [1.82, 2.24) is 8.75 Å². The number of fused-ring (bicyclic) bond motifs is 1. The molecule has 0 amide bonds. The molecule has 102 valence electrons. The summed E-state index contributed by atoms with van der Waals surface area (Å²) in [4.78, 5) is 0. The molecule has 7 heteroatoms. The molecule has 0 saturated heterocycles. The first-order chi connectivity index (χ1) is 9.51. The minimum atomic E-state index is -4.67. The van der Waals surface area contributed by atoms with Gasteiger partial charge in [-0.2, -0.15) is 8.75 Å². The van der Waals surface area contributed by atoms with Crippen LogP contribution in [0, 0.1) is 0 Å². The number of hydrogen-bond donors (Lipinski definition) is 0. The number of halogens is 3. The van der Waals surface area contributed by atoms with Crippen LogP contribution in [-0.4, -0.2) is 15.1 Å². The Bertz CT molecular complexity index is 737. The van der Waals surface area contributed by atoms with E-state index in [-0.39, 0.29) is 5.75 Å². The zero-order valence-electron chi connectivity index (χ0n) is 9.89. The summed E-state index contributed by atoms with van der Waals surface area (Å²) in [6.45, 7) is 0. The molecule has 20 heavy (non-hydrogen) atoms. The Morgan fingerprint density at radius 2 is 1.50 bits per heavy atom. The lowest BCUT2D eigenvalue weighted by molar-refractivity contribution is -0.274. The van der Waals surface area contributed by atoms with Crippen molar-refractivity contribution >= 4 is 22.8 Å². The number of nitrogens with zero attached hydrogens (tertiary/aromatic N) is 2. The minimum absolute atomic E-state index is 0.238. The summed E-state index contributed by atoms with van der Waals surface area (Å²) in [6, 6.07) is 11.2. The van der Waals surface area contributed by atoms with Gasteiger partial charge in [-0.1, -0.05) is 18.2 Å². The van der Waals surface area contributed by atoms with Crippen molar-refractivity contribution in [3.63, 3.8) is 0 Å². The second-order valence-corrected chi connectivity index (χ2v) is 4.57. The van der Waals surface area contributed by atoms with Crippen molar-refractivity contribution in [2.75, 3.05) is 0 Å². The van der Waals surface area contributed by atoms with Crippen LogP contribution in [0.1, 0.15) is 0 Å². The molecule has 0 aliphatic rings. The molecule has 0 fully saturated rings. The van der Waals surface area contributed by atoms with E-state index in [0.29, 0.717) is 0 Å². The van der Waals surface area contributed by atoms with Gasteiger partial charge < -0.3 is 4.74 Å². The van der Waals surface area contributed by atoms with Crippen LogP contribution in [0.3, 0.4) is 0 Å². The van der Waals surface area contributed by atoms with E-state index in [2.05, 4.69) is 13.5 Å². The molecule has 3 rings (SSSR count). The Kier molecular flexibility index (Phi) is 3.06. The molecule has 3 aromatic rings. The number of ether oxygens (including phenoxy) is 1. The number of aromatic nitrogens is 2. The molecular weight excluding hydrogens is 289 g/mol. The molecular formula is C13H7F3N2OS. The van der Waals surface area contributed by atoms with E-state index < -0.39 is 6.36 Å². The van der Waals surface area contributed by atoms with Crippen molar-refractivity contribution in [3.05, 3.63) is 42.5 Å². The lowest BCUT2D eigenvalue weighted by Gasteiger charge is -2.09. The summed E-state index contributed by atoms with van der Waals surface area (Å²) in [7, 11) is 0. The van der Waals surface area contributed by atoms with Gasteiger partial charge in [0.2, 0.25) is 0 Å². The lowest BCUT2D eigenvalue weighted by atomic mass is 10.1. The first-order valence-electron chi connectivity index (χ1n) is 5.60. The summed E-state index contributed by atoms with van der Waals surface area (Å²) in [6.07, 6.45) is -4.67. The Morgan fingerprint density at radius 3 is 2.20 bits per heavy atom. The van der Waals surface area contributed by atoms with Gasteiger partial charge in [0, 0.05) is 0 Å². The van der Waals surface area contributed by atoms with E-state index in [0.717, 1.165) is 33.9 Å². The predicted molar refractivity (Wildman–Crippen MR) is 69.5 cm³/mol. The van der Waals surface area contributed by atoms with Crippen LogP contribution in [-0.2, 0) is 0 Å². The third-order valence-corrected chi connectivity index (χ3v) is 3.23. The van der Waals surface area contributed by atoms with Crippen LogP contribution < -0.4 is 4.74 Å². The SMILES string of the molecule is FC(F)(F)Oc1ccc(-c2ccc3nsnc3c2)cc1. The molecule has 1 heterocycles. The maximum absolute atomic E-state index is 12.1. The molecule has 0 atom stereocenters. The van der Waals surface area contributed by atoms with Crippen LogP contribution in [0.2, 0.25) is 0 Å². The Morgan fingerprint density at radius 1 is 0.850 bits per heavy atom. The molecule has 0 aliphatic heterocycles. The maximum Gasteiger partial charge on any atom is 0.573 e. The third-order valence-electron chi connectivity index (χ3n) is 2.67. The van der Waals surface area contributed by atoms with Crippen molar-refractivity contribution < 1.29 is 17.9 Å². The Hall–Kier alpha value is -2.15. The zero-order valence-corrected chi connectivity index (χ0v) is 10.7. The van der Waals surface area contributed by atoms with Crippen LogP contribution in [0.5, 0.6) is 5.75 Å². The zero-order chi connectivity index (χ0) is 14.2. The van der Waals surface area contributed by atoms with Crippen molar-refractivity contribution in [1.29, 1.82) is 0 Å². The first kappa shape index (κ1) is 12.9. The second-order valence-electron chi connectivity index (χ2n) is 4.04. The fourth-order valence-corrected chi connectivity index (χ4v) is 2.33. The van der Waals surface area contributed by atoms with E-state index in [1.807, 2.05) is 18.2 Å². The smallest absolute Gasteiger partial charge is 0.406 e. The average molecular weight is 296 g/mol. The van der Waals surface area contributed by atoms with E-state index in [1.54, 1.807) is 12.1 Å². The number of alkyl halides is 3. The van der Waals surface area contributed by atoms with Gasteiger partial charge in [-0.15, -0.1) is 13.2 Å². The van der Waals surface area contributed by atoms with E-state index in [4.69, 9.17) is 0 Å². The van der Waals surface area contributed by atoms with Gasteiger partial charge in [-0.25, -0.2) is 0 Å². The molecule has 0 N–H and O–H groups in total. The van der Waals surface area contributed by atoms with Gasteiger partial charge in [-0.3, -0.25) is 0 Å². The number of rotatable bonds is 2. The third kappa shape index (κ3) is 2.72. The highest BCUT2D eigenvalue weighted by Gasteiger charge is 2.30. The molecule has 0 spiro atoms. The summed E-state index contributed by atoms with van der Waals surface area (Å²) < 4.78 is 48.3. The number of benzene rings is 2. The van der Waals surface area contributed by atoms with E-state index in [1.165, 1.54) is 12.1 Å². The van der Waals surface area contributed by atoms with Gasteiger partial charge >= 0.3 is 6.36 Å². The Labute approximate surface area is 116 Å². The number of hydrogen-bond acceptors (Lipinski definition) is 4. The topological polar surface area (TPSA) is 35.0 Å². The average Bonchev–Trinajstić information content (AvgIpc) is 2.85. The summed E-state index contributed by atoms with van der Waals surface area (Å²) >= 11 is 1.12. The molecule has 0 saturated carbocycles.